The second kappa shape index (κ2) is 10.3. The Morgan fingerprint density at radius 1 is 1.04 bits per heavy atom. The summed E-state index contributed by atoms with van der Waals surface area (Å²) in [4.78, 5) is 12.2. The summed E-state index contributed by atoms with van der Waals surface area (Å²) < 4.78 is 10.7. The van der Waals surface area contributed by atoms with Crippen LogP contribution in [0.2, 0.25) is 0 Å². The van der Waals surface area contributed by atoms with Crippen LogP contribution >= 0.6 is 15.9 Å². The van der Waals surface area contributed by atoms with Crippen LogP contribution in [0.15, 0.2) is 42.5 Å². The van der Waals surface area contributed by atoms with Gasteiger partial charge in [-0.2, -0.15) is 0 Å². The minimum absolute atomic E-state index is 0.0132. The van der Waals surface area contributed by atoms with Crippen molar-refractivity contribution >= 4 is 27.5 Å². The number of halogens is 1. The molecule has 4 nitrogen and oxygen atoms in total. The maximum Gasteiger partial charge on any atom is 0.250 e. The highest BCUT2D eigenvalue weighted by Crippen LogP contribution is 2.31. The molecule has 0 radical (unpaired) electrons. The second-order valence-corrected chi connectivity index (χ2v) is 6.56. The van der Waals surface area contributed by atoms with Gasteiger partial charge in [-0.25, -0.2) is 0 Å². The van der Waals surface area contributed by atoms with Crippen LogP contribution in [0, 0.1) is 13.8 Å². The number of aryl methyl sites for hydroxylation is 2. The van der Waals surface area contributed by atoms with Crippen LogP contribution in [0.1, 0.15) is 11.1 Å². The Morgan fingerprint density at radius 2 is 1.80 bits per heavy atom. The zero-order valence-electron chi connectivity index (χ0n) is 14.7. The van der Waals surface area contributed by atoms with Crippen LogP contribution in [0.5, 0.6) is 0 Å². The highest BCUT2D eigenvalue weighted by Gasteiger charge is 2.11. The predicted molar refractivity (Wildman–Crippen MR) is 105 cm³/mol. The van der Waals surface area contributed by atoms with Gasteiger partial charge in [0.05, 0.1) is 25.5 Å². The monoisotopic (exact) mass is 405 g/mol. The van der Waals surface area contributed by atoms with Crippen molar-refractivity contribution in [1.29, 1.82) is 0 Å². The third-order valence-electron chi connectivity index (χ3n) is 3.69. The van der Waals surface area contributed by atoms with Crippen molar-refractivity contribution in [2.45, 2.75) is 13.8 Å². The predicted octanol–water partition coefficient (Wildman–Crippen LogP) is 4.34. The number of benzene rings is 2. The first-order valence-corrected chi connectivity index (χ1v) is 9.42. The van der Waals surface area contributed by atoms with Gasteiger partial charge in [0.15, 0.2) is 0 Å². The van der Waals surface area contributed by atoms with Crippen LogP contribution < -0.4 is 5.32 Å². The van der Waals surface area contributed by atoms with Crippen molar-refractivity contribution in [2.24, 2.45) is 0 Å². The number of rotatable bonds is 9. The van der Waals surface area contributed by atoms with E-state index < -0.39 is 0 Å². The molecule has 2 aromatic carbocycles. The van der Waals surface area contributed by atoms with Crippen molar-refractivity contribution in [3.05, 3.63) is 53.6 Å². The Balaban J connectivity index is 2.00. The van der Waals surface area contributed by atoms with Crippen LogP contribution in [0.3, 0.4) is 0 Å². The molecule has 0 bridgehead atoms. The average Bonchev–Trinajstić information content (AvgIpc) is 2.60. The van der Waals surface area contributed by atoms with Crippen LogP contribution in [-0.2, 0) is 14.3 Å². The Labute approximate surface area is 157 Å². The molecular weight excluding hydrogens is 382 g/mol. The van der Waals surface area contributed by atoms with E-state index in [1.807, 2.05) is 31.2 Å². The highest BCUT2D eigenvalue weighted by molar-refractivity contribution is 9.09. The van der Waals surface area contributed by atoms with E-state index in [-0.39, 0.29) is 12.5 Å². The normalized spacial score (nSPS) is 10.7. The van der Waals surface area contributed by atoms with Crippen LogP contribution in [0.4, 0.5) is 5.69 Å². The molecule has 0 saturated heterocycles. The van der Waals surface area contributed by atoms with Gasteiger partial charge < -0.3 is 14.8 Å². The summed E-state index contributed by atoms with van der Waals surface area (Å²) in [6.07, 6.45) is 0. The fourth-order valence-corrected chi connectivity index (χ4v) is 2.73. The quantitative estimate of drug-likeness (QED) is 0.498. The fraction of sp³-hybridized carbons (Fsp3) is 0.350. The van der Waals surface area contributed by atoms with Gasteiger partial charge in [0, 0.05) is 10.9 Å². The summed E-state index contributed by atoms with van der Waals surface area (Å²) in [6, 6.07) is 14.3. The lowest BCUT2D eigenvalue weighted by atomic mass is 9.99. The maximum absolute atomic E-state index is 12.2. The number of nitrogens with one attached hydrogen (secondary N) is 1. The standard InChI is InChI=1S/C20H24BrNO3/c1-15-5-3-7-17(13-15)18-8-4-6-16(2)20(18)22-19(23)14-25-12-11-24-10-9-21/h3-8,13H,9-12,14H2,1-2H3,(H,22,23). The van der Waals surface area contributed by atoms with Gasteiger partial charge in [0.25, 0.3) is 0 Å². The number of hydrogen-bond donors (Lipinski definition) is 1. The van der Waals surface area contributed by atoms with Gasteiger partial charge in [-0.15, -0.1) is 0 Å². The number of alkyl halides is 1. The molecule has 1 amide bonds. The highest BCUT2D eigenvalue weighted by atomic mass is 79.9. The number of carbonyl (C=O) groups is 1. The molecule has 0 fully saturated rings. The lowest BCUT2D eigenvalue weighted by Crippen LogP contribution is -2.20. The number of carbonyl (C=O) groups excluding carboxylic acids is 1. The molecule has 0 aliphatic rings. The van der Waals surface area contributed by atoms with E-state index in [9.17, 15) is 4.79 Å². The van der Waals surface area contributed by atoms with Crippen molar-refractivity contribution in [3.8, 4) is 11.1 Å². The number of anilines is 1. The maximum atomic E-state index is 12.2. The Kier molecular flexibility index (Phi) is 8.12. The molecule has 25 heavy (non-hydrogen) atoms. The number of para-hydroxylation sites is 1. The van der Waals surface area contributed by atoms with E-state index in [0.717, 1.165) is 27.7 Å². The lowest BCUT2D eigenvalue weighted by Gasteiger charge is -2.15. The molecule has 2 rings (SSSR count). The molecule has 1 N–H and O–H groups in total. The summed E-state index contributed by atoms with van der Waals surface area (Å²) in [7, 11) is 0. The first-order chi connectivity index (χ1) is 12.1. The molecule has 0 spiro atoms. The van der Waals surface area contributed by atoms with Gasteiger partial charge in [-0.3, -0.25) is 4.79 Å². The second-order valence-electron chi connectivity index (χ2n) is 5.77. The van der Waals surface area contributed by atoms with E-state index >= 15 is 0 Å². The van der Waals surface area contributed by atoms with Gasteiger partial charge in [0.2, 0.25) is 5.91 Å². The molecule has 134 valence electrons. The smallest absolute Gasteiger partial charge is 0.250 e. The van der Waals surface area contributed by atoms with Crippen LogP contribution in [0.25, 0.3) is 11.1 Å². The van der Waals surface area contributed by atoms with Crippen LogP contribution in [-0.4, -0.2) is 37.7 Å². The number of ether oxygens (including phenoxy) is 2. The molecule has 2 aromatic rings. The first kappa shape index (κ1) is 19.6. The van der Waals surface area contributed by atoms with E-state index in [0.29, 0.717) is 19.8 Å². The van der Waals surface area contributed by atoms with E-state index in [1.54, 1.807) is 0 Å². The summed E-state index contributed by atoms with van der Waals surface area (Å²) >= 11 is 3.29. The van der Waals surface area contributed by atoms with Crippen molar-refractivity contribution in [1.82, 2.24) is 0 Å². The lowest BCUT2D eigenvalue weighted by molar-refractivity contribution is -0.121. The minimum Gasteiger partial charge on any atom is -0.378 e. The first-order valence-electron chi connectivity index (χ1n) is 8.30. The zero-order chi connectivity index (χ0) is 18.1. The molecule has 0 aromatic heterocycles. The minimum atomic E-state index is -0.163. The van der Waals surface area contributed by atoms with Gasteiger partial charge in [-0.05, 0) is 25.0 Å². The Bertz CT molecular complexity index is 703. The van der Waals surface area contributed by atoms with Gasteiger partial charge in [0.1, 0.15) is 6.61 Å². The van der Waals surface area contributed by atoms with Crippen molar-refractivity contribution < 1.29 is 14.3 Å². The molecule has 0 heterocycles. The zero-order valence-corrected chi connectivity index (χ0v) is 16.3. The molecule has 0 unspecified atom stereocenters. The summed E-state index contributed by atoms with van der Waals surface area (Å²) in [6.45, 7) is 5.58. The van der Waals surface area contributed by atoms with E-state index in [1.165, 1.54) is 5.56 Å². The number of hydrogen-bond acceptors (Lipinski definition) is 3. The molecule has 0 atom stereocenters. The Hall–Kier alpha value is -1.69. The SMILES string of the molecule is Cc1cccc(-c2cccc(C)c2NC(=O)COCCOCCBr)c1. The van der Waals surface area contributed by atoms with E-state index in [4.69, 9.17) is 9.47 Å². The topological polar surface area (TPSA) is 47.6 Å². The third kappa shape index (κ3) is 6.27. The largest absolute Gasteiger partial charge is 0.378 e. The number of amides is 1. The van der Waals surface area contributed by atoms with Crippen molar-refractivity contribution in [2.75, 3.05) is 37.1 Å². The van der Waals surface area contributed by atoms with E-state index in [2.05, 4.69) is 46.4 Å². The van der Waals surface area contributed by atoms with Gasteiger partial charge in [-0.1, -0.05) is 64.0 Å². The summed E-state index contributed by atoms with van der Waals surface area (Å²) in [5.74, 6) is -0.163. The molecule has 0 aliphatic heterocycles. The average molecular weight is 406 g/mol. The fourth-order valence-electron chi connectivity index (χ4n) is 2.50. The van der Waals surface area contributed by atoms with Gasteiger partial charge >= 0.3 is 0 Å². The summed E-state index contributed by atoms with van der Waals surface area (Å²) in [5.41, 5.74) is 5.13. The molecular formula is C20H24BrNO3. The molecule has 5 heteroatoms. The molecule has 0 aliphatic carbocycles. The molecule has 0 saturated carbocycles. The third-order valence-corrected chi connectivity index (χ3v) is 4.02. The Morgan fingerprint density at radius 3 is 2.56 bits per heavy atom. The van der Waals surface area contributed by atoms with Crippen molar-refractivity contribution in [3.63, 3.8) is 0 Å². The summed E-state index contributed by atoms with van der Waals surface area (Å²) in [5, 5.41) is 3.78.